The van der Waals surface area contributed by atoms with Gasteiger partial charge in [-0.2, -0.15) is 0 Å². The lowest BCUT2D eigenvalue weighted by Gasteiger charge is -2.37. The number of hydrogen-bond donors (Lipinski definition) is 0. The third-order valence-corrected chi connectivity index (χ3v) is 7.09. The van der Waals surface area contributed by atoms with E-state index in [9.17, 15) is 14.0 Å². The zero-order valence-electron chi connectivity index (χ0n) is 19.2. The van der Waals surface area contributed by atoms with E-state index in [1.54, 1.807) is 32.0 Å². The zero-order chi connectivity index (χ0) is 23.5. The summed E-state index contributed by atoms with van der Waals surface area (Å²) in [5.41, 5.74) is 1.86. The number of amidine groups is 1. The number of halogens is 1. The Morgan fingerprint density at radius 3 is 2.58 bits per heavy atom. The topological polar surface area (TPSA) is 65.5 Å². The second kappa shape index (κ2) is 10.1. The first-order valence-electron chi connectivity index (χ1n) is 11.3. The smallest absolute Gasteiger partial charge is 0.338 e. The van der Waals surface area contributed by atoms with Gasteiger partial charge < -0.3 is 19.4 Å². The number of piperazine rings is 1. The molecule has 0 bridgehead atoms. The number of thioether (sulfide) groups is 1. The number of likely N-dealkylation sites (N-methyl/N-ethyl adjacent to an activating group) is 1. The van der Waals surface area contributed by atoms with Crippen LogP contribution in [-0.2, 0) is 14.3 Å². The molecule has 176 valence electrons. The normalized spacial score (nSPS) is 21.0. The Bertz CT molecular complexity index is 1030. The summed E-state index contributed by atoms with van der Waals surface area (Å²) in [7, 11) is 0. The van der Waals surface area contributed by atoms with Gasteiger partial charge in [0.25, 0.3) is 0 Å². The van der Waals surface area contributed by atoms with Crippen LogP contribution in [0, 0.1) is 5.82 Å². The number of esters is 1. The highest BCUT2D eigenvalue weighted by Crippen LogP contribution is 2.45. The number of carbonyl (C=O) groups excluding carboxylic acids is 2. The van der Waals surface area contributed by atoms with Crippen LogP contribution in [0.2, 0.25) is 0 Å². The van der Waals surface area contributed by atoms with Gasteiger partial charge in [-0.1, -0.05) is 36.9 Å². The van der Waals surface area contributed by atoms with Gasteiger partial charge in [-0.05, 0) is 31.9 Å². The summed E-state index contributed by atoms with van der Waals surface area (Å²) in [6, 6.07) is 5.66. The fourth-order valence-corrected chi connectivity index (χ4v) is 5.38. The van der Waals surface area contributed by atoms with Gasteiger partial charge in [0.2, 0.25) is 5.91 Å². The van der Waals surface area contributed by atoms with Crippen LogP contribution >= 0.6 is 11.8 Å². The van der Waals surface area contributed by atoms with Crippen LogP contribution in [0.1, 0.15) is 38.8 Å². The number of amides is 1. The molecule has 1 amide bonds. The molecule has 1 atom stereocenters. The molecule has 33 heavy (non-hydrogen) atoms. The number of rotatable bonds is 6. The summed E-state index contributed by atoms with van der Waals surface area (Å²) >= 11 is 1.39. The standard InChI is InChI=1S/C24H29FN4O3S/c1-4-27-10-12-28(13-11-27)20(30)14-17-15-33-24-26-16(3)21(23(31)32-5-2)22(29(17)24)18-8-6-7-9-19(18)25/h6-9,15,22H,4-5,10-14H2,1-3H3/t22-/m0/s1. The first kappa shape index (κ1) is 23.5. The molecule has 0 aliphatic carbocycles. The number of carbonyl (C=O) groups is 2. The number of aliphatic imine (C=N–C) groups is 1. The summed E-state index contributed by atoms with van der Waals surface area (Å²) in [4.78, 5) is 36.7. The number of hydrogen-bond acceptors (Lipinski definition) is 7. The third-order valence-electron chi connectivity index (χ3n) is 6.20. The predicted molar refractivity (Wildman–Crippen MR) is 127 cm³/mol. The molecular weight excluding hydrogens is 443 g/mol. The van der Waals surface area contributed by atoms with Gasteiger partial charge in [0.05, 0.1) is 30.3 Å². The quantitative estimate of drug-likeness (QED) is 0.591. The van der Waals surface area contributed by atoms with E-state index in [1.807, 2.05) is 15.2 Å². The zero-order valence-corrected chi connectivity index (χ0v) is 20.0. The third kappa shape index (κ3) is 4.70. The van der Waals surface area contributed by atoms with Crippen molar-refractivity contribution in [2.45, 2.75) is 33.2 Å². The lowest BCUT2D eigenvalue weighted by atomic mass is 9.93. The van der Waals surface area contributed by atoms with Gasteiger partial charge in [-0.25, -0.2) is 14.2 Å². The van der Waals surface area contributed by atoms with Crippen LogP contribution in [-0.4, -0.2) is 71.1 Å². The fourth-order valence-electron chi connectivity index (χ4n) is 4.41. The Hall–Kier alpha value is -2.65. The van der Waals surface area contributed by atoms with Crippen molar-refractivity contribution in [2.75, 3.05) is 39.3 Å². The van der Waals surface area contributed by atoms with Crippen molar-refractivity contribution < 1.29 is 18.7 Å². The van der Waals surface area contributed by atoms with Crippen molar-refractivity contribution in [2.24, 2.45) is 4.99 Å². The largest absolute Gasteiger partial charge is 0.463 e. The molecule has 3 aliphatic heterocycles. The Balaban J connectivity index is 1.64. The Morgan fingerprint density at radius 1 is 1.18 bits per heavy atom. The van der Waals surface area contributed by atoms with Crippen LogP contribution in [0.3, 0.4) is 0 Å². The monoisotopic (exact) mass is 472 g/mol. The van der Waals surface area contributed by atoms with Gasteiger partial charge in [-0.3, -0.25) is 4.79 Å². The molecule has 9 heteroatoms. The van der Waals surface area contributed by atoms with Crippen LogP contribution in [0.25, 0.3) is 0 Å². The molecule has 4 rings (SSSR count). The fraction of sp³-hybridized carbons (Fsp3) is 0.458. The molecular formula is C24H29FN4O3S. The van der Waals surface area contributed by atoms with Gasteiger partial charge in [0, 0.05) is 37.4 Å². The number of allylic oxidation sites excluding steroid dienone is 1. The maximum atomic E-state index is 15.0. The molecule has 0 spiro atoms. The second-order valence-corrected chi connectivity index (χ2v) is 8.96. The molecule has 1 aromatic carbocycles. The van der Waals surface area contributed by atoms with Crippen molar-refractivity contribution in [3.05, 3.63) is 58.0 Å². The van der Waals surface area contributed by atoms with Crippen LogP contribution < -0.4 is 0 Å². The summed E-state index contributed by atoms with van der Waals surface area (Å²) < 4.78 is 20.3. The minimum Gasteiger partial charge on any atom is -0.463 e. The molecule has 1 fully saturated rings. The van der Waals surface area contributed by atoms with Crippen molar-refractivity contribution in [1.82, 2.24) is 14.7 Å². The van der Waals surface area contributed by atoms with Crippen molar-refractivity contribution in [3.8, 4) is 0 Å². The van der Waals surface area contributed by atoms with Crippen LogP contribution in [0.15, 0.2) is 51.6 Å². The van der Waals surface area contributed by atoms with E-state index < -0.39 is 17.8 Å². The SMILES string of the molecule is CCOC(=O)C1=C(C)N=C2SC=C(CC(=O)N3CCN(CC)CC3)N2[C@H]1c1ccccc1F. The van der Waals surface area contributed by atoms with E-state index in [-0.39, 0.29) is 18.9 Å². The first-order chi connectivity index (χ1) is 15.9. The van der Waals surface area contributed by atoms with E-state index >= 15 is 0 Å². The van der Waals surface area contributed by atoms with Crippen LogP contribution in [0.4, 0.5) is 4.39 Å². The summed E-state index contributed by atoms with van der Waals surface area (Å²) in [5.74, 6) is -0.920. The molecule has 0 aromatic heterocycles. The summed E-state index contributed by atoms with van der Waals surface area (Å²) in [6.07, 6.45) is 0.165. The van der Waals surface area contributed by atoms with Gasteiger partial charge >= 0.3 is 5.97 Å². The number of fused-ring (bicyclic) bond motifs is 1. The van der Waals surface area contributed by atoms with Gasteiger partial charge in [0.1, 0.15) is 5.82 Å². The molecule has 7 nitrogen and oxygen atoms in total. The first-order valence-corrected chi connectivity index (χ1v) is 12.2. The maximum Gasteiger partial charge on any atom is 0.338 e. The highest BCUT2D eigenvalue weighted by molar-refractivity contribution is 8.16. The van der Waals surface area contributed by atoms with Crippen molar-refractivity contribution in [1.29, 1.82) is 0 Å². The Labute approximate surface area is 198 Å². The number of ether oxygens (including phenoxy) is 1. The lowest BCUT2D eigenvalue weighted by Crippen LogP contribution is -2.49. The van der Waals surface area contributed by atoms with E-state index in [4.69, 9.17) is 4.74 Å². The highest BCUT2D eigenvalue weighted by atomic mass is 32.2. The van der Waals surface area contributed by atoms with Crippen molar-refractivity contribution >= 4 is 28.8 Å². The molecule has 1 saturated heterocycles. The minimum absolute atomic E-state index is 0.0232. The minimum atomic E-state index is -0.747. The van der Waals surface area contributed by atoms with E-state index in [2.05, 4.69) is 16.8 Å². The molecule has 0 saturated carbocycles. The molecule has 1 aromatic rings. The summed E-state index contributed by atoms with van der Waals surface area (Å²) in [5, 5.41) is 2.52. The van der Waals surface area contributed by atoms with Gasteiger partial charge in [0.15, 0.2) is 5.17 Å². The maximum absolute atomic E-state index is 15.0. The van der Waals surface area contributed by atoms with E-state index in [0.717, 1.165) is 19.6 Å². The molecule has 3 heterocycles. The van der Waals surface area contributed by atoms with Crippen molar-refractivity contribution in [3.63, 3.8) is 0 Å². The second-order valence-electron chi connectivity index (χ2n) is 8.13. The van der Waals surface area contributed by atoms with Gasteiger partial charge in [-0.15, -0.1) is 0 Å². The van der Waals surface area contributed by atoms with E-state index in [1.165, 1.54) is 17.8 Å². The number of nitrogens with zero attached hydrogens (tertiary/aromatic N) is 4. The molecule has 3 aliphatic rings. The lowest BCUT2D eigenvalue weighted by molar-refractivity contribution is -0.139. The average Bonchev–Trinajstić information content (AvgIpc) is 3.20. The Kier molecular flexibility index (Phi) is 7.19. The van der Waals surface area contributed by atoms with Crippen LogP contribution in [0.5, 0.6) is 0 Å². The van der Waals surface area contributed by atoms with E-state index in [0.29, 0.717) is 40.8 Å². The predicted octanol–water partition coefficient (Wildman–Crippen LogP) is 3.52. The molecule has 0 radical (unpaired) electrons. The highest BCUT2D eigenvalue weighted by Gasteiger charge is 2.42. The average molecular weight is 473 g/mol. The number of benzene rings is 1. The summed E-state index contributed by atoms with van der Waals surface area (Å²) in [6.45, 7) is 9.88. The molecule has 0 N–H and O–H groups in total. The molecule has 0 unspecified atom stereocenters. The Morgan fingerprint density at radius 2 is 1.91 bits per heavy atom.